The zero-order valence-corrected chi connectivity index (χ0v) is 14.6. The van der Waals surface area contributed by atoms with Crippen molar-refractivity contribution < 1.29 is 4.79 Å². The Morgan fingerprint density at radius 3 is 2.86 bits per heavy atom. The number of hydrogen-bond donors (Lipinski definition) is 3. The smallest absolute Gasteiger partial charge is 0.246 e. The molecular weight excluding hydrogens is 381 g/mol. The summed E-state index contributed by atoms with van der Waals surface area (Å²) in [5.74, 6) is 1.23. The molecule has 7 heteroatoms. The molecule has 0 bridgehead atoms. The van der Waals surface area contributed by atoms with Gasteiger partial charge in [0.2, 0.25) is 5.91 Å². The van der Waals surface area contributed by atoms with Crippen LogP contribution in [0.25, 0.3) is 0 Å². The van der Waals surface area contributed by atoms with Crippen molar-refractivity contribution in [3.05, 3.63) is 24.5 Å². The van der Waals surface area contributed by atoms with E-state index in [2.05, 4.69) is 32.9 Å². The molecule has 2 unspecified atom stereocenters. The van der Waals surface area contributed by atoms with E-state index in [4.69, 9.17) is 0 Å². The number of nitrogens with one attached hydrogen (secondary N) is 3. The van der Waals surface area contributed by atoms with Gasteiger partial charge >= 0.3 is 0 Å². The molecule has 0 radical (unpaired) electrons. The molecule has 3 N–H and O–H groups in total. The Morgan fingerprint density at radius 1 is 1.52 bits per heavy atom. The van der Waals surface area contributed by atoms with Crippen molar-refractivity contribution in [2.75, 3.05) is 18.4 Å². The zero-order valence-electron chi connectivity index (χ0n) is 12.3. The maximum Gasteiger partial charge on any atom is 0.246 e. The molecule has 0 aromatic carbocycles. The SMILES string of the molecule is CCNC(=NCC(=O)Nc1cccnc1)NC1CC1C.I. The highest BCUT2D eigenvalue weighted by Gasteiger charge is 2.33. The van der Waals surface area contributed by atoms with Gasteiger partial charge in [-0.1, -0.05) is 6.92 Å². The van der Waals surface area contributed by atoms with E-state index in [1.165, 1.54) is 0 Å². The van der Waals surface area contributed by atoms with Crippen LogP contribution in [-0.2, 0) is 4.79 Å². The summed E-state index contributed by atoms with van der Waals surface area (Å²) in [7, 11) is 0. The van der Waals surface area contributed by atoms with Crippen molar-refractivity contribution >= 4 is 41.5 Å². The Balaban J connectivity index is 0.00000220. The lowest BCUT2D eigenvalue weighted by atomic mass is 10.4. The Bertz CT molecular complexity index is 480. The molecule has 116 valence electrons. The van der Waals surface area contributed by atoms with E-state index in [1.54, 1.807) is 24.5 Å². The van der Waals surface area contributed by atoms with Crippen LogP contribution in [0.15, 0.2) is 29.5 Å². The van der Waals surface area contributed by atoms with E-state index in [0.29, 0.717) is 23.6 Å². The number of carbonyl (C=O) groups is 1. The molecule has 21 heavy (non-hydrogen) atoms. The molecule has 1 saturated carbocycles. The summed E-state index contributed by atoms with van der Waals surface area (Å²) in [6, 6.07) is 4.05. The van der Waals surface area contributed by atoms with Crippen LogP contribution in [0, 0.1) is 5.92 Å². The number of pyridine rings is 1. The molecule has 2 atom stereocenters. The van der Waals surface area contributed by atoms with Gasteiger partial charge < -0.3 is 16.0 Å². The predicted octanol–water partition coefficient (Wildman–Crippen LogP) is 1.60. The lowest BCUT2D eigenvalue weighted by Crippen LogP contribution is -2.39. The average Bonchev–Trinajstić information content (AvgIpc) is 3.13. The molecule has 1 fully saturated rings. The average molecular weight is 403 g/mol. The molecule has 1 aliphatic carbocycles. The highest BCUT2D eigenvalue weighted by Crippen LogP contribution is 2.28. The number of carbonyl (C=O) groups excluding carboxylic acids is 1. The Kier molecular flexibility index (Phi) is 7.41. The summed E-state index contributed by atoms with van der Waals surface area (Å²) in [5.41, 5.74) is 0.682. The van der Waals surface area contributed by atoms with Crippen LogP contribution in [0.2, 0.25) is 0 Å². The molecule has 0 saturated heterocycles. The fourth-order valence-electron chi connectivity index (χ4n) is 1.81. The number of amides is 1. The van der Waals surface area contributed by atoms with Crippen molar-refractivity contribution in [3.63, 3.8) is 0 Å². The van der Waals surface area contributed by atoms with Gasteiger partial charge in [0.15, 0.2) is 5.96 Å². The fraction of sp³-hybridized carbons (Fsp3) is 0.500. The fourth-order valence-corrected chi connectivity index (χ4v) is 1.81. The van der Waals surface area contributed by atoms with E-state index in [9.17, 15) is 4.79 Å². The summed E-state index contributed by atoms with van der Waals surface area (Å²) in [4.78, 5) is 20.0. The normalized spacial score (nSPS) is 20.2. The van der Waals surface area contributed by atoms with Crippen molar-refractivity contribution in [1.29, 1.82) is 0 Å². The third kappa shape index (κ3) is 6.28. The third-order valence-electron chi connectivity index (χ3n) is 3.10. The Hall–Kier alpha value is -1.38. The number of nitrogens with zero attached hydrogens (tertiary/aromatic N) is 2. The van der Waals surface area contributed by atoms with Crippen molar-refractivity contribution in [2.45, 2.75) is 26.3 Å². The minimum absolute atomic E-state index is 0. The molecule has 0 aliphatic heterocycles. The molecule has 1 amide bonds. The number of hydrogen-bond acceptors (Lipinski definition) is 3. The molecule has 1 aromatic heterocycles. The van der Waals surface area contributed by atoms with E-state index >= 15 is 0 Å². The molecule has 1 heterocycles. The number of anilines is 1. The topological polar surface area (TPSA) is 78.4 Å². The second-order valence-electron chi connectivity index (χ2n) is 4.95. The van der Waals surface area contributed by atoms with Crippen molar-refractivity contribution in [3.8, 4) is 0 Å². The molecule has 2 rings (SSSR count). The van der Waals surface area contributed by atoms with E-state index in [0.717, 1.165) is 13.0 Å². The first-order valence-electron chi connectivity index (χ1n) is 6.93. The summed E-state index contributed by atoms with van der Waals surface area (Å²) >= 11 is 0. The number of aromatic nitrogens is 1. The summed E-state index contributed by atoms with van der Waals surface area (Å²) in [6.45, 7) is 5.06. The van der Waals surface area contributed by atoms with Crippen LogP contribution in [0.3, 0.4) is 0 Å². The van der Waals surface area contributed by atoms with Gasteiger partial charge in [0.05, 0.1) is 11.9 Å². The van der Waals surface area contributed by atoms with Gasteiger partial charge in [-0.3, -0.25) is 9.78 Å². The van der Waals surface area contributed by atoms with Crippen LogP contribution in [0.1, 0.15) is 20.3 Å². The minimum atomic E-state index is -0.154. The van der Waals surface area contributed by atoms with Crippen LogP contribution < -0.4 is 16.0 Å². The standard InChI is InChI=1S/C14H21N5O.HI/c1-3-16-14(19-12-7-10(12)2)17-9-13(20)18-11-5-4-6-15-8-11;/h4-6,8,10,12H,3,7,9H2,1-2H3,(H,18,20)(H2,16,17,19);1H. The summed E-state index contributed by atoms with van der Waals surface area (Å²) < 4.78 is 0. The monoisotopic (exact) mass is 403 g/mol. The predicted molar refractivity (Wildman–Crippen MR) is 95.0 cm³/mol. The van der Waals surface area contributed by atoms with Gasteiger partial charge in [-0.15, -0.1) is 24.0 Å². The van der Waals surface area contributed by atoms with E-state index in [1.807, 2.05) is 6.92 Å². The molecule has 1 aliphatic rings. The minimum Gasteiger partial charge on any atom is -0.357 e. The van der Waals surface area contributed by atoms with Crippen LogP contribution in [0.5, 0.6) is 0 Å². The number of aliphatic imine (C=N–C) groups is 1. The first kappa shape index (κ1) is 17.7. The highest BCUT2D eigenvalue weighted by atomic mass is 127. The second-order valence-corrected chi connectivity index (χ2v) is 4.95. The van der Waals surface area contributed by atoms with Crippen molar-refractivity contribution in [1.82, 2.24) is 15.6 Å². The van der Waals surface area contributed by atoms with Gasteiger partial charge in [-0.25, -0.2) is 4.99 Å². The highest BCUT2D eigenvalue weighted by molar-refractivity contribution is 14.0. The maximum absolute atomic E-state index is 11.8. The van der Waals surface area contributed by atoms with Crippen LogP contribution in [0.4, 0.5) is 5.69 Å². The molecule has 0 spiro atoms. The number of guanidine groups is 1. The zero-order chi connectivity index (χ0) is 14.4. The lowest BCUT2D eigenvalue weighted by molar-refractivity contribution is -0.114. The first-order chi connectivity index (χ1) is 9.69. The van der Waals surface area contributed by atoms with Crippen LogP contribution in [-0.4, -0.2) is 36.0 Å². The van der Waals surface area contributed by atoms with Gasteiger partial charge in [0.1, 0.15) is 6.54 Å². The number of rotatable bonds is 5. The van der Waals surface area contributed by atoms with E-state index in [-0.39, 0.29) is 36.4 Å². The Morgan fingerprint density at radius 2 is 2.29 bits per heavy atom. The van der Waals surface area contributed by atoms with E-state index < -0.39 is 0 Å². The van der Waals surface area contributed by atoms with Gasteiger partial charge in [0.25, 0.3) is 0 Å². The molecular formula is C14H22IN5O. The summed E-state index contributed by atoms with van der Waals surface area (Å²) in [5, 5.41) is 9.20. The van der Waals surface area contributed by atoms with Crippen molar-refractivity contribution in [2.24, 2.45) is 10.9 Å². The largest absolute Gasteiger partial charge is 0.357 e. The van der Waals surface area contributed by atoms with Gasteiger partial charge in [0, 0.05) is 18.8 Å². The third-order valence-corrected chi connectivity index (χ3v) is 3.10. The quantitative estimate of drug-likeness (QED) is 0.397. The Labute approximate surface area is 142 Å². The first-order valence-corrected chi connectivity index (χ1v) is 6.93. The van der Waals surface area contributed by atoms with Gasteiger partial charge in [-0.2, -0.15) is 0 Å². The number of halogens is 1. The lowest BCUT2D eigenvalue weighted by Gasteiger charge is -2.10. The second kappa shape index (κ2) is 8.81. The maximum atomic E-state index is 11.8. The molecule has 1 aromatic rings. The summed E-state index contributed by atoms with van der Waals surface area (Å²) in [6.07, 6.45) is 4.43. The van der Waals surface area contributed by atoms with Gasteiger partial charge in [-0.05, 0) is 31.4 Å². The van der Waals surface area contributed by atoms with Crippen LogP contribution >= 0.6 is 24.0 Å². The molecule has 6 nitrogen and oxygen atoms in total.